The molecule has 10 heteroatoms. The number of ether oxygens (including phenoxy) is 1. The van der Waals surface area contributed by atoms with Gasteiger partial charge < -0.3 is 15.8 Å². The van der Waals surface area contributed by atoms with Gasteiger partial charge in [-0.3, -0.25) is 10.00 Å². The summed E-state index contributed by atoms with van der Waals surface area (Å²) in [4.78, 5) is 27.7. The number of benzene rings is 2. The average Bonchev–Trinajstić information content (AvgIpc) is 3.43. The van der Waals surface area contributed by atoms with Crippen LogP contribution in [0.25, 0.3) is 22.0 Å². The number of hydrogen-bond donors (Lipinski definition) is 3. The van der Waals surface area contributed by atoms with Gasteiger partial charge in [-0.05, 0) is 28.7 Å². The van der Waals surface area contributed by atoms with Gasteiger partial charge in [-0.15, -0.1) is 17.8 Å². The summed E-state index contributed by atoms with van der Waals surface area (Å²) in [5.74, 6) is 2.74. The Kier molecular flexibility index (Phi) is 6.24. The smallest absolute Gasteiger partial charge is 0.404 e. The van der Waals surface area contributed by atoms with Gasteiger partial charge in [0.2, 0.25) is 0 Å². The molecule has 0 radical (unpaired) electrons. The number of hydrogen-bond acceptors (Lipinski definition) is 6. The van der Waals surface area contributed by atoms with Crippen LogP contribution in [0.15, 0.2) is 54.0 Å². The van der Waals surface area contributed by atoms with Gasteiger partial charge in [0.15, 0.2) is 5.01 Å². The Balaban J connectivity index is 1.54. The molecule has 0 aliphatic carbocycles. The van der Waals surface area contributed by atoms with Crippen LogP contribution in [0.5, 0.6) is 0 Å². The minimum absolute atomic E-state index is 0.132. The number of aromatic nitrogens is 3. The molecule has 0 spiro atoms. The van der Waals surface area contributed by atoms with Crippen molar-refractivity contribution in [1.29, 1.82) is 0 Å². The molecule has 1 atom stereocenters. The molecule has 0 aliphatic rings. The molecule has 33 heavy (non-hydrogen) atoms. The summed E-state index contributed by atoms with van der Waals surface area (Å²) in [5.41, 5.74) is 8.90. The van der Waals surface area contributed by atoms with Gasteiger partial charge in [0.1, 0.15) is 12.4 Å². The van der Waals surface area contributed by atoms with Crippen LogP contribution in [-0.4, -0.2) is 33.5 Å². The second-order valence-electron chi connectivity index (χ2n) is 7.09. The number of rotatable bonds is 6. The van der Waals surface area contributed by atoms with E-state index in [9.17, 15) is 9.59 Å². The SMILES string of the molecule is C#Cc1nc(NC(=O)N[C@@H](COC(N)=O)c2ccc(-c3cccc4c3cnn4C)cc2)cs1. The molecule has 0 aliphatic heterocycles. The van der Waals surface area contributed by atoms with Crippen molar-refractivity contribution in [3.05, 3.63) is 64.6 Å². The zero-order valence-corrected chi connectivity index (χ0v) is 18.4. The largest absolute Gasteiger partial charge is 0.447 e. The van der Waals surface area contributed by atoms with Gasteiger partial charge in [-0.1, -0.05) is 36.4 Å². The lowest BCUT2D eigenvalue weighted by Gasteiger charge is -2.19. The molecule has 0 saturated carbocycles. The fourth-order valence-electron chi connectivity index (χ4n) is 3.42. The minimum atomic E-state index is -0.930. The van der Waals surface area contributed by atoms with Crippen LogP contribution in [0, 0.1) is 12.3 Å². The summed E-state index contributed by atoms with van der Waals surface area (Å²) in [6, 6.07) is 12.5. The first-order valence-electron chi connectivity index (χ1n) is 9.87. The molecule has 0 saturated heterocycles. The van der Waals surface area contributed by atoms with Gasteiger partial charge in [-0.25, -0.2) is 14.6 Å². The number of carbonyl (C=O) groups is 2. The van der Waals surface area contributed by atoms with Crippen molar-refractivity contribution in [2.75, 3.05) is 11.9 Å². The zero-order chi connectivity index (χ0) is 23.4. The monoisotopic (exact) mass is 460 g/mol. The van der Waals surface area contributed by atoms with E-state index < -0.39 is 18.2 Å². The lowest BCUT2D eigenvalue weighted by Crippen LogP contribution is -2.36. The molecule has 166 valence electrons. The van der Waals surface area contributed by atoms with E-state index in [0.717, 1.165) is 27.6 Å². The van der Waals surface area contributed by atoms with E-state index in [1.54, 1.807) is 5.38 Å². The number of primary amides is 1. The molecule has 2 heterocycles. The Hall–Kier alpha value is -4.36. The normalized spacial score (nSPS) is 11.5. The molecule has 0 bridgehead atoms. The molecule has 2 aromatic heterocycles. The highest BCUT2D eigenvalue weighted by atomic mass is 32.1. The summed E-state index contributed by atoms with van der Waals surface area (Å²) in [6.07, 6.45) is 6.21. The molecule has 4 aromatic rings. The number of urea groups is 1. The molecule has 9 nitrogen and oxygen atoms in total. The van der Waals surface area contributed by atoms with Crippen molar-refractivity contribution < 1.29 is 14.3 Å². The first-order valence-corrected chi connectivity index (χ1v) is 10.8. The fraction of sp³-hybridized carbons (Fsp3) is 0.130. The van der Waals surface area contributed by atoms with E-state index in [-0.39, 0.29) is 6.61 Å². The van der Waals surface area contributed by atoms with Crippen LogP contribution >= 0.6 is 11.3 Å². The topological polar surface area (TPSA) is 124 Å². The highest BCUT2D eigenvalue weighted by Gasteiger charge is 2.18. The summed E-state index contributed by atoms with van der Waals surface area (Å²) in [6.45, 7) is -0.132. The average molecular weight is 461 g/mol. The van der Waals surface area contributed by atoms with E-state index in [2.05, 4.69) is 26.6 Å². The van der Waals surface area contributed by atoms with Crippen LogP contribution in [-0.2, 0) is 11.8 Å². The number of fused-ring (bicyclic) bond motifs is 1. The fourth-order valence-corrected chi connectivity index (χ4v) is 3.97. The van der Waals surface area contributed by atoms with Crippen LogP contribution < -0.4 is 16.4 Å². The van der Waals surface area contributed by atoms with Gasteiger partial charge in [0.05, 0.1) is 17.8 Å². The quantitative estimate of drug-likeness (QED) is 0.379. The number of anilines is 1. The second-order valence-corrected chi connectivity index (χ2v) is 7.95. The summed E-state index contributed by atoms with van der Waals surface area (Å²) in [5, 5.41) is 12.8. The zero-order valence-electron chi connectivity index (χ0n) is 17.6. The van der Waals surface area contributed by atoms with E-state index in [4.69, 9.17) is 16.9 Å². The number of terminal acetylenes is 1. The van der Waals surface area contributed by atoms with Crippen molar-refractivity contribution >= 4 is 40.2 Å². The molecule has 0 unspecified atom stereocenters. The first-order chi connectivity index (χ1) is 15.9. The number of nitrogens with one attached hydrogen (secondary N) is 2. The highest BCUT2D eigenvalue weighted by molar-refractivity contribution is 7.10. The molecule has 0 fully saturated rings. The Morgan fingerprint density at radius 1 is 1.27 bits per heavy atom. The van der Waals surface area contributed by atoms with E-state index in [1.807, 2.05) is 60.4 Å². The van der Waals surface area contributed by atoms with Crippen LogP contribution in [0.4, 0.5) is 15.4 Å². The first kappa shape index (κ1) is 21.9. The van der Waals surface area contributed by atoms with Crippen LogP contribution in [0.2, 0.25) is 0 Å². The number of nitrogens with zero attached hydrogens (tertiary/aromatic N) is 3. The maximum atomic E-state index is 12.5. The third-order valence-electron chi connectivity index (χ3n) is 4.98. The lowest BCUT2D eigenvalue weighted by atomic mass is 9.99. The number of aryl methyl sites for hydroxylation is 1. The number of nitrogens with two attached hydrogens (primary N) is 1. The second kappa shape index (κ2) is 9.42. The Labute approximate surface area is 193 Å². The Morgan fingerprint density at radius 2 is 2.06 bits per heavy atom. The van der Waals surface area contributed by atoms with E-state index >= 15 is 0 Å². The predicted octanol–water partition coefficient (Wildman–Crippen LogP) is 3.64. The Morgan fingerprint density at radius 3 is 2.76 bits per heavy atom. The van der Waals surface area contributed by atoms with Crippen molar-refractivity contribution in [3.8, 4) is 23.5 Å². The molecule has 2 aromatic carbocycles. The third kappa shape index (κ3) is 4.94. The van der Waals surface area contributed by atoms with E-state index in [1.165, 1.54) is 11.3 Å². The maximum Gasteiger partial charge on any atom is 0.404 e. The Bertz CT molecular complexity index is 1350. The molecule has 4 rings (SSSR count). The van der Waals surface area contributed by atoms with Gasteiger partial charge in [0, 0.05) is 17.8 Å². The summed E-state index contributed by atoms with van der Waals surface area (Å²) < 4.78 is 6.77. The van der Waals surface area contributed by atoms with Gasteiger partial charge >= 0.3 is 12.1 Å². The van der Waals surface area contributed by atoms with Gasteiger partial charge in [0.25, 0.3) is 0 Å². The highest BCUT2D eigenvalue weighted by Crippen LogP contribution is 2.29. The standard InChI is InChI=1S/C23H20N6O3S/c1-3-21-27-20(13-33-21)28-23(31)26-18(12-32-22(24)30)15-9-7-14(8-10-15)16-5-4-6-19-17(16)11-25-29(19)2/h1,4-11,13,18H,12H2,2H3,(H2,24,30)(H2,26,28,31)/t18-/m0/s1. The molecule has 3 amide bonds. The summed E-state index contributed by atoms with van der Waals surface area (Å²) >= 11 is 1.24. The lowest BCUT2D eigenvalue weighted by molar-refractivity contribution is 0.144. The number of carbonyl (C=O) groups excluding carboxylic acids is 2. The molecular formula is C23H20N6O3S. The van der Waals surface area contributed by atoms with Gasteiger partial charge in [-0.2, -0.15) is 5.10 Å². The van der Waals surface area contributed by atoms with E-state index in [0.29, 0.717) is 10.8 Å². The summed E-state index contributed by atoms with van der Waals surface area (Å²) in [7, 11) is 1.90. The molecular weight excluding hydrogens is 440 g/mol. The number of amides is 3. The third-order valence-corrected chi connectivity index (χ3v) is 5.76. The van der Waals surface area contributed by atoms with Crippen molar-refractivity contribution in [2.24, 2.45) is 12.8 Å². The van der Waals surface area contributed by atoms with Crippen LogP contribution in [0.1, 0.15) is 16.6 Å². The minimum Gasteiger partial charge on any atom is -0.447 e. The predicted molar refractivity (Wildman–Crippen MR) is 127 cm³/mol. The number of thiazole rings is 1. The maximum absolute atomic E-state index is 12.5. The van der Waals surface area contributed by atoms with Crippen LogP contribution in [0.3, 0.4) is 0 Å². The van der Waals surface area contributed by atoms with Crippen molar-refractivity contribution in [1.82, 2.24) is 20.1 Å². The van der Waals surface area contributed by atoms with Crippen molar-refractivity contribution in [3.63, 3.8) is 0 Å². The molecule has 4 N–H and O–H groups in total. The van der Waals surface area contributed by atoms with Crippen molar-refractivity contribution in [2.45, 2.75) is 6.04 Å².